The van der Waals surface area contributed by atoms with E-state index in [1.54, 1.807) is 6.07 Å². The Morgan fingerprint density at radius 2 is 1.94 bits per heavy atom. The molecule has 0 amide bonds. The van der Waals surface area contributed by atoms with Gasteiger partial charge in [0, 0.05) is 10.9 Å². The first-order chi connectivity index (χ1) is 7.79. The molecule has 0 saturated heterocycles. The predicted octanol–water partition coefficient (Wildman–Crippen LogP) is 3.66. The molecule has 17 heavy (non-hydrogen) atoms. The van der Waals surface area contributed by atoms with Gasteiger partial charge in [-0.15, -0.1) is 12.6 Å². The number of rotatable bonds is 4. The van der Waals surface area contributed by atoms with Crippen LogP contribution in [0.2, 0.25) is 0 Å². The van der Waals surface area contributed by atoms with Gasteiger partial charge in [-0.3, -0.25) is 0 Å². The Morgan fingerprint density at radius 1 is 1.29 bits per heavy atom. The summed E-state index contributed by atoms with van der Waals surface area (Å²) >= 11 is 3.99. The zero-order valence-electron chi connectivity index (χ0n) is 9.59. The maximum atomic E-state index is 12.5. The van der Waals surface area contributed by atoms with Crippen molar-refractivity contribution in [3.05, 3.63) is 29.3 Å². The maximum absolute atomic E-state index is 12.5. The van der Waals surface area contributed by atoms with Crippen molar-refractivity contribution in [2.75, 3.05) is 0 Å². The van der Waals surface area contributed by atoms with Crippen LogP contribution in [0.1, 0.15) is 30.9 Å². The highest BCUT2D eigenvalue weighted by molar-refractivity contribution is 7.80. The molecule has 0 aliphatic heterocycles. The number of aryl methyl sites for hydroxylation is 1. The summed E-state index contributed by atoms with van der Waals surface area (Å²) in [7, 11) is 0. The molecule has 0 spiro atoms. The van der Waals surface area contributed by atoms with Gasteiger partial charge in [-0.05, 0) is 49.9 Å². The normalized spacial score (nSPS) is 13.8. The average molecular weight is 263 g/mol. The molecule has 0 saturated carbocycles. The van der Waals surface area contributed by atoms with Crippen molar-refractivity contribution in [2.24, 2.45) is 5.73 Å². The Labute approximate surface area is 105 Å². The molecule has 1 rings (SSSR count). The average Bonchev–Trinajstić information content (AvgIpc) is 2.14. The molecular formula is C12H16F3NS. The van der Waals surface area contributed by atoms with Crippen LogP contribution in [0.4, 0.5) is 13.2 Å². The van der Waals surface area contributed by atoms with E-state index in [2.05, 4.69) is 12.6 Å². The van der Waals surface area contributed by atoms with Crippen molar-refractivity contribution in [2.45, 2.75) is 43.3 Å². The number of nitrogens with two attached hydrogens (primary N) is 1. The summed E-state index contributed by atoms with van der Waals surface area (Å²) in [5.74, 6) is 0. The topological polar surface area (TPSA) is 26.0 Å². The third kappa shape index (κ3) is 5.00. The van der Waals surface area contributed by atoms with Crippen molar-refractivity contribution in [1.29, 1.82) is 0 Å². The van der Waals surface area contributed by atoms with Crippen LogP contribution in [0, 0.1) is 0 Å². The summed E-state index contributed by atoms with van der Waals surface area (Å²) in [4.78, 5) is 0.343. The summed E-state index contributed by atoms with van der Waals surface area (Å²) in [5, 5.41) is 0. The third-order valence-corrected chi connectivity index (χ3v) is 2.69. The molecule has 1 aromatic rings. The molecule has 96 valence electrons. The quantitative estimate of drug-likeness (QED) is 0.796. The molecule has 1 aromatic carbocycles. The van der Waals surface area contributed by atoms with Crippen molar-refractivity contribution in [3.8, 4) is 0 Å². The minimum absolute atomic E-state index is 0.0799. The summed E-state index contributed by atoms with van der Waals surface area (Å²) in [6.07, 6.45) is -2.13. The number of thiol groups is 1. The van der Waals surface area contributed by atoms with Crippen molar-refractivity contribution in [1.82, 2.24) is 0 Å². The van der Waals surface area contributed by atoms with Crippen LogP contribution in [0.15, 0.2) is 23.1 Å². The lowest BCUT2D eigenvalue weighted by atomic mass is 10.0. The van der Waals surface area contributed by atoms with Gasteiger partial charge in [0.1, 0.15) is 0 Å². The molecule has 0 heterocycles. The van der Waals surface area contributed by atoms with Gasteiger partial charge < -0.3 is 5.73 Å². The lowest BCUT2D eigenvalue weighted by Gasteiger charge is -2.11. The highest BCUT2D eigenvalue weighted by atomic mass is 32.1. The standard InChI is InChI=1S/C12H16F3NS/c1-8(16)3-2-4-9-5-10(12(13,14)15)7-11(17)6-9/h5-8,17H,2-4,16H2,1H3/t8-/m0/s1. The number of halogens is 3. The maximum Gasteiger partial charge on any atom is 0.416 e. The molecule has 0 aliphatic rings. The fourth-order valence-electron chi connectivity index (χ4n) is 1.61. The van der Waals surface area contributed by atoms with Gasteiger partial charge in [-0.25, -0.2) is 0 Å². The SMILES string of the molecule is C[C@H](N)CCCc1cc(S)cc(C(F)(F)F)c1. The Kier molecular flexibility index (Phi) is 4.89. The van der Waals surface area contributed by atoms with E-state index in [0.29, 0.717) is 16.9 Å². The number of hydrogen-bond donors (Lipinski definition) is 2. The van der Waals surface area contributed by atoms with Crippen LogP contribution in [-0.4, -0.2) is 6.04 Å². The van der Waals surface area contributed by atoms with Gasteiger partial charge in [0.25, 0.3) is 0 Å². The van der Waals surface area contributed by atoms with E-state index < -0.39 is 11.7 Å². The number of hydrogen-bond acceptors (Lipinski definition) is 2. The summed E-state index contributed by atoms with van der Waals surface area (Å²) in [6, 6.07) is 3.97. The van der Waals surface area contributed by atoms with Gasteiger partial charge in [0.15, 0.2) is 0 Å². The van der Waals surface area contributed by atoms with Crippen LogP contribution in [0.25, 0.3) is 0 Å². The van der Waals surface area contributed by atoms with Crippen molar-refractivity contribution < 1.29 is 13.2 Å². The van der Waals surface area contributed by atoms with Crippen LogP contribution >= 0.6 is 12.6 Å². The van der Waals surface area contributed by atoms with Crippen LogP contribution in [0.5, 0.6) is 0 Å². The lowest BCUT2D eigenvalue weighted by molar-refractivity contribution is -0.137. The zero-order valence-corrected chi connectivity index (χ0v) is 10.5. The molecule has 0 aliphatic carbocycles. The van der Waals surface area contributed by atoms with Crippen molar-refractivity contribution >= 4 is 12.6 Å². The van der Waals surface area contributed by atoms with Gasteiger partial charge in [0.05, 0.1) is 5.56 Å². The second-order valence-corrected chi connectivity index (χ2v) is 4.77. The molecule has 0 aromatic heterocycles. The van der Waals surface area contributed by atoms with E-state index in [1.807, 2.05) is 6.92 Å². The zero-order chi connectivity index (χ0) is 13.1. The fraction of sp³-hybridized carbons (Fsp3) is 0.500. The van der Waals surface area contributed by atoms with Crippen molar-refractivity contribution in [3.63, 3.8) is 0 Å². The molecule has 0 bridgehead atoms. The molecule has 0 fully saturated rings. The van der Waals surface area contributed by atoms with Crippen LogP contribution < -0.4 is 5.73 Å². The molecular weight excluding hydrogens is 247 g/mol. The van der Waals surface area contributed by atoms with E-state index in [4.69, 9.17) is 5.73 Å². The Bertz CT molecular complexity index is 375. The second kappa shape index (κ2) is 5.78. The van der Waals surface area contributed by atoms with Gasteiger partial charge in [0.2, 0.25) is 0 Å². The Morgan fingerprint density at radius 3 is 2.47 bits per heavy atom. The second-order valence-electron chi connectivity index (χ2n) is 4.26. The first kappa shape index (κ1) is 14.4. The smallest absolute Gasteiger partial charge is 0.328 e. The minimum Gasteiger partial charge on any atom is -0.328 e. The number of benzene rings is 1. The molecule has 1 nitrogen and oxygen atoms in total. The molecule has 1 atom stereocenters. The molecule has 5 heteroatoms. The summed E-state index contributed by atoms with van der Waals surface area (Å²) in [6.45, 7) is 1.89. The fourth-order valence-corrected chi connectivity index (χ4v) is 1.92. The summed E-state index contributed by atoms with van der Waals surface area (Å²) in [5.41, 5.74) is 5.61. The highest BCUT2D eigenvalue weighted by Crippen LogP contribution is 2.31. The van der Waals surface area contributed by atoms with E-state index in [0.717, 1.165) is 18.9 Å². The third-order valence-electron chi connectivity index (χ3n) is 2.43. The van der Waals surface area contributed by atoms with Crippen LogP contribution in [-0.2, 0) is 12.6 Å². The van der Waals surface area contributed by atoms with E-state index in [1.165, 1.54) is 6.07 Å². The molecule has 0 radical (unpaired) electrons. The van der Waals surface area contributed by atoms with Gasteiger partial charge in [-0.2, -0.15) is 13.2 Å². The predicted molar refractivity (Wildman–Crippen MR) is 65.3 cm³/mol. The van der Waals surface area contributed by atoms with E-state index in [9.17, 15) is 13.2 Å². The van der Waals surface area contributed by atoms with Gasteiger partial charge >= 0.3 is 6.18 Å². The first-order valence-electron chi connectivity index (χ1n) is 5.45. The lowest BCUT2D eigenvalue weighted by Crippen LogP contribution is -2.14. The monoisotopic (exact) mass is 263 g/mol. The summed E-state index contributed by atoms with van der Waals surface area (Å²) < 4.78 is 37.6. The Balaban J connectivity index is 2.76. The molecule has 2 N–H and O–H groups in total. The highest BCUT2D eigenvalue weighted by Gasteiger charge is 2.30. The number of alkyl halides is 3. The molecule has 0 unspecified atom stereocenters. The van der Waals surface area contributed by atoms with Gasteiger partial charge in [-0.1, -0.05) is 0 Å². The Hall–Kier alpha value is -0.680. The van der Waals surface area contributed by atoms with E-state index >= 15 is 0 Å². The largest absolute Gasteiger partial charge is 0.416 e. The van der Waals surface area contributed by atoms with Crippen LogP contribution in [0.3, 0.4) is 0 Å². The first-order valence-corrected chi connectivity index (χ1v) is 5.89. The minimum atomic E-state index is -4.31. The van der Waals surface area contributed by atoms with E-state index in [-0.39, 0.29) is 6.04 Å².